The lowest BCUT2D eigenvalue weighted by Crippen LogP contribution is -2.64. The summed E-state index contributed by atoms with van der Waals surface area (Å²) in [6.07, 6.45) is 9.29. The Labute approximate surface area is 367 Å². The number of aromatic amines is 1. The molecule has 5 fully saturated rings. The summed E-state index contributed by atoms with van der Waals surface area (Å²) in [5.74, 6) is -3.11. The highest BCUT2D eigenvalue weighted by atomic mass is 32.2. The fraction of sp³-hybridized carbons (Fsp3) is 0.681. The summed E-state index contributed by atoms with van der Waals surface area (Å²) in [4.78, 5) is 79.4. The summed E-state index contributed by atoms with van der Waals surface area (Å²) in [7, 11) is -4.37. The van der Waals surface area contributed by atoms with Gasteiger partial charge in [-0.3, -0.25) is 28.9 Å². The van der Waals surface area contributed by atoms with E-state index in [0.29, 0.717) is 30.3 Å². The zero-order valence-electron chi connectivity index (χ0n) is 38.4. The van der Waals surface area contributed by atoms with E-state index in [1.165, 1.54) is 12.1 Å². The van der Waals surface area contributed by atoms with E-state index in [4.69, 9.17) is 0 Å². The molecule has 3 saturated carbocycles. The van der Waals surface area contributed by atoms with Crippen molar-refractivity contribution < 1.29 is 32.4 Å². The number of hydrogen-bond donors (Lipinski definition) is 5. The van der Waals surface area contributed by atoms with Crippen molar-refractivity contribution in [2.45, 2.75) is 161 Å². The third-order valence-corrected chi connectivity index (χ3v) is 17.2. The van der Waals surface area contributed by atoms with Crippen LogP contribution in [0.4, 0.5) is 0 Å². The van der Waals surface area contributed by atoms with Crippen molar-refractivity contribution in [1.29, 1.82) is 0 Å². The summed E-state index contributed by atoms with van der Waals surface area (Å²) >= 11 is 0. The average molecular weight is 876 g/mol. The van der Waals surface area contributed by atoms with Crippen molar-refractivity contribution in [3.8, 4) is 0 Å². The molecule has 2 aliphatic heterocycles. The molecule has 3 aliphatic carbocycles. The van der Waals surface area contributed by atoms with Gasteiger partial charge in [0.1, 0.15) is 28.6 Å². The first kappa shape index (κ1) is 45.8. The van der Waals surface area contributed by atoms with Gasteiger partial charge in [0.15, 0.2) is 0 Å². The maximum absolute atomic E-state index is 15.3. The normalized spacial score (nSPS) is 28.8. The maximum atomic E-state index is 15.3. The van der Waals surface area contributed by atoms with Crippen molar-refractivity contribution in [2.75, 3.05) is 13.1 Å². The van der Waals surface area contributed by atoms with Gasteiger partial charge in [-0.2, -0.15) is 0 Å². The molecule has 1 aromatic carbocycles. The number of hydrogen-bond acceptors (Lipinski definition) is 8. The number of benzene rings is 1. The Bertz CT molecular complexity index is 2270. The van der Waals surface area contributed by atoms with Crippen LogP contribution in [0.25, 0.3) is 10.9 Å². The molecule has 15 heteroatoms. The van der Waals surface area contributed by atoms with E-state index >= 15 is 4.79 Å². The zero-order chi connectivity index (χ0) is 45.6. The lowest BCUT2D eigenvalue weighted by atomic mass is 9.73. The summed E-state index contributed by atoms with van der Waals surface area (Å²) in [6, 6.07) is 3.24. The van der Waals surface area contributed by atoms with Crippen molar-refractivity contribution in [3.05, 3.63) is 43.1 Å². The number of aromatic nitrogens is 1. The van der Waals surface area contributed by atoms with Crippen molar-refractivity contribution >= 4 is 50.5 Å². The Morgan fingerprint density at radius 1 is 0.871 bits per heavy atom. The van der Waals surface area contributed by atoms with Gasteiger partial charge in [0.25, 0.3) is 15.9 Å². The number of amides is 5. The molecule has 340 valence electrons. The summed E-state index contributed by atoms with van der Waals surface area (Å²) in [6.45, 7) is 24.8. The smallest absolute Gasteiger partial charge is 0.266 e. The van der Waals surface area contributed by atoms with Crippen LogP contribution in [0.3, 0.4) is 0 Å². The van der Waals surface area contributed by atoms with Gasteiger partial charge in [0.05, 0.1) is 11.6 Å². The zero-order valence-corrected chi connectivity index (χ0v) is 39.2. The van der Waals surface area contributed by atoms with Gasteiger partial charge in [-0.15, -0.1) is 6.58 Å². The van der Waals surface area contributed by atoms with E-state index < -0.39 is 74.1 Å². The number of sulfonamides is 1. The highest BCUT2D eigenvalue weighted by Gasteiger charge is 2.85. The van der Waals surface area contributed by atoms with Crippen LogP contribution in [0.15, 0.2) is 48.0 Å². The lowest BCUT2D eigenvalue weighted by molar-refractivity contribution is -0.145. The van der Waals surface area contributed by atoms with E-state index in [-0.39, 0.29) is 45.6 Å². The molecule has 5 amide bonds. The van der Waals surface area contributed by atoms with Crippen LogP contribution in [0.2, 0.25) is 0 Å². The SMILES string of the molecule is C=C[C@@H]1C[C@]1(NC(=O)[C@@H]1C[C@@]2(CN1C(=O)[C@@H](NC(=O)[C@@H](NC(=O)[C@@H]1CCCCN1C(C)C)C(C)(C)C)C(C)(C)C)C(C)(C)C21CCC1)C(=O)NS(=O)(=O)c1cccc2cc[nH]c12. The minimum Gasteiger partial charge on any atom is -0.360 e. The molecule has 5 N–H and O–H groups in total. The van der Waals surface area contributed by atoms with E-state index in [1.54, 1.807) is 29.3 Å². The fourth-order valence-corrected chi connectivity index (χ4v) is 13.0. The minimum atomic E-state index is -4.37. The Morgan fingerprint density at radius 2 is 1.55 bits per heavy atom. The van der Waals surface area contributed by atoms with Crippen LogP contribution in [-0.4, -0.2) is 102 Å². The van der Waals surface area contributed by atoms with Gasteiger partial charge in [0.2, 0.25) is 23.6 Å². The Kier molecular flexibility index (Phi) is 11.4. The topological polar surface area (TPSA) is 190 Å². The standard InChI is InChI=1S/C47H69N7O7S/c1-12-30-25-47(30,41(59)52-62(60,61)33-19-15-17-29-20-23-48-34(29)33)51-38(56)32-26-46(44(10,11)45(46)21-16-22-45)27-54(32)40(58)36(43(7,8)9)50-39(57)35(42(4,5)6)49-37(55)31-18-13-14-24-53(31)28(2)3/h12,15,17,19-20,23,28,30-32,35-36,48H,1,13-14,16,18,21-22,24-27H2,2-11H3,(H,49,55)(H,50,57)(H,51,56)(H,52,59)/t30-,31+,32+,35-,36-,46-,47-/m1/s1. The van der Waals surface area contributed by atoms with Gasteiger partial charge >= 0.3 is 0 Å². The Balaban J connectivity index is 1.16. The molecule has 2 aromatic rings. The molecule has 1 aromatic heterocycles. The minimum absolute atomic E-state index is 0.0517. The number of carbonyl (C=O) groups is 5. The van der Waals surface area contributed by atoms with Gasteiger partial charge in [0, 0.05) is 35.5 Å². The number of carbonyl (C=O) groups excluding carboxylic acids is 5. The highest BCUT2D eigenvalue weighted by Crippen LogP contribution is 2.88. The van der Waals surface area contributed by atoms with Crippen molar-refractivity contribution in [2.24, 2.45) is 33.0 Å². The predicted molar refractivity (Wildman–Crippen MR) is 238 cm³/mol. The molecular formula is C47H69N7O7S. The second-order valence-electron chi connectivity index (χ2n) is 21.9. The van der Waals surface area contributed by atoms with E-state index in [2.05, 4.69) is 64.8 Å². The molecule has 3 heterocycles. The van der Waals surface area contributed by atoms with Crippen LogP contribution in [-0.2, 0) is 34.0 Å². The number of fused-ring (bicyclic) bond motifs is 2. The van der Waals surface area contributed by atoms with Crippen LogP contribution in [0.5, 0.6) is 0 Å². The van der Waals surface area contributed by atoms with Crippen LogP contribution in [0.1, 0.15) is 121 Å². The first-order valence-electron chi connectivity index (χ1n) is 22.5. The third kappa shape index (κ3) is 7.36. The maximum Gasteiger partial charge on any atom is 0.266 e. The number of likely N-dealkylation sites (tertiary alicyclic amines) is 2. The number of piperidine rings is 1. The molecule has 7 atom stereocenters. The molecule has 62 heavy (non-hydrogen) atoms. The van der Waals surface area contributed by atoms with E-state index in [9.17, 15) is 27.6 Å². The molecule has 0 radical (unpaired) electrons. The number of rotatable bonds is 12. The molecule has 0 unspecified atom stereocenters. The largest absolute Gasteiger partial charge is 0.360 e. The average Bonchev–Trinajstić information content (AvgIpc) is 3.68. The number of H-pyrrole nitrogens is 1. The quantitative estimate of drug-likeness (QED) is 0.181. The van der Waals surface area contributed by atoms with Gasteiger partial charge in [-0.05, 0) is 92.7 Å². The lowest BCUT2D eigenvalue weighted by Gasteiger charge is -2.40. The molecule has 2 saturated heterocycles. The summed E-state index contributed by atoms with van der Waals surface area (Å²) in [5, 5.41) is 9.76. The second-order valence-corrected chi connectivity index (χ2v) is 23.6. The Hall–Kier alpha value is -4.24. The second kappa shape index (κ2) is 15.5. The van der Waals surface area contributed by atoms with Crippen LogP contribution < -0.4 is 20.7 Å². The molecule has 14 nitrogen and oxygen atoms in total. The van der Waals surface area contributed by atoms with Gasteiger partial charge in [-0.1, -0.05) is 86.4 Å². The first-order chi connectivity index (χ1) is 28.8. The monoisotopic (exact) mass is 875 g/mol. The molecule has 5 aliphatic rings. The number of nitrogens with zero attached hydrogens (tertiary/aromatic N) is 2. The van der Waals surface area contributed by atoms with Crippen LogP contribution >= 0.6 is 0 Å². The number of nitrogens with one attached hydrogen (secondary N) is 5. The third-order valence-electron chi connectivity index (χ3n) is 15.8. The Morgan fingerprint density at radius 3 is 2.11 bits per heavy atom. The highest BCUT2D eigenvalue weighted by molar-refractivity contribution is 7.90. The molecular weight excluding hydrogens is 807 g/mol. The van der Waals surface area contributed by atoms with E-state index in [0.717, 1.165) is 38.6 Å². The first-order valence-corrected chi connectivity index (χ1v) is 24.0. The van der Waals surface area contributed by atoms with Gasteiger partial charge < -0.3 is 25.8 Å². The van der Waals surface area contributed by atoms with Gasteiger partial charge in [-0.25, -0.2) is 13.1 Å². The predicted octanol–water partition coefficient (Wildman–Crippen LogP) is 5.16. The van der Waals surface area contributed by atoms with Crippen molar-refractivity contribution in [3.63, 3.8) is 0 Å². The van der Waals surface area contributed by atoms with E-state index in [1.807, 2.05) is 41.5 Å². The fourth-order valence-electron chi connectivity index (χ4n) is 11.8. The molecule has 2 spiro atoms. The van der Waals surface area contributed by atoms with Crippen LogP contribution in [0, 0.1) is 33.0 Å². The molecule has 7 rings (SSSR count). The van der Waals surface area contributed by atoms with Crippen molar-refractivity contribution in [1.82, 2.24) is 35.5 Å². The summed E-state index contributed by atoms with van der Waals surface area (Å²) < 4.78 is 29.7. The summed E-state index contributed by atoms with van der Waals surface area (Å²) in [5.41, 5.74) is -3.38. The molecule has 0 bridgehead atoms. The number of para-hydroxylation sites is 1.